The summed E-state index contributed by atoms with van der Waals surface area (Å²) in [7, 11) is 0. The third kappa shape index (κ3) is 1.87. The van der Waals surface area contributed by atoms with Crippen molar-refractivity contribution < 1.29 is 4.92 Å². The Bertz CT molecular complexity index is 407. The van der Waals surface area contributed by atoms with Crippen LogP contribution < -0.4 is 5.73 Å². The molecule has 0 bridgehead atoms. The van der Waals surface area contributed by atoms with E-state index in [1.165, 1.54) is 18.2 Å². The van der Waals surface area contributed by atoms with Crippen LogP contribution in [0.4, 0.5) is 5.69 Å². The van der Waals surface area contributed by atoms with Gasteiger partial charge >= 0.3 is 0 Å². The number of nitrogens with zero attached hydrogens (tertiary/aromatic N) is 2. The van der Waals surface area contributed by atoms with Crippen LogP contribution in [0.1, 0.15) is 24.1 Å². The van der Waals surface area contributed by atoms with E-state index >= 15 is 0 Å². The highest BCUT2D eigenvalue weighted by Crippen LogP contribution is 2.24. The van der Waals surface area contributed by atoms with Gasteiger partial charge in [0.1, 0.15) is 0 Å². The van der Waals surface area contributed by atoms with Gasteiger partial charge in [-0.05, 0) is 19.1 Å². The lowest BCUT2D eigenvalue weighted by Gasteiger charge is -2.05. The van der Waals surface area contributed by atoms with Crippen LogP contribution >= 0.6 is 0 Å². The summed E-state index contributed by atoms with van der Waals surface area (Å²) in [6, 6.07) is 5.70. The summed E-state index contributed by atoms with van der Waals surface area (Å²) in [5.41, 5.74) is 6.16. The van der Waals surface area contributed by atoms with Crippen molar-refractivity contribution in [3.8, 4) is 6.07 Å². The minimum atomic E-state index is -0.528. The molecule has 1 aromatic carbocycles. The summed E-state index contributed by atoms with van der Waals surface area (Å²) >= 11 is 0. The van der Waals surface area contributed by atoms with Crippen LogP contribution in [-0.4, -0.2) is 4.92 Å². The second-order valence-electron chi connectivity index (χ2n) is 2.93. The van der Waals surface area contributed by atoms with E-state index in [9.17, 15) is 10.1 Å². The standard InChI is InChI=1S/C9H9N3O2/c1-6(11)8-3-2-7(5-10)4-9(8)12(13)14/h2-4,6H,11H2,1H3/t6-/m1/s1. The van der Waals surface area contributed by atoms with Gasteiger partial charge in [-0.2, -0.15) is 5.26 Å². The van der Waals surface area contributed by atoms with Crippen LogP contribution in [0.3, 0.4) is 0 Å². The second kappa shape index (κ2) is 3.85. The fraction of sp³-hybridized carbons (Fsp3) is 0.222. The van der Waals surface area contributed by atoms with Crippen molar-refractivity contribution in [1.29, 1.82) is 5.26 Å². The van der Waals surface area contributed by atoms with Crippen molar-refractivity contribution in [1.82, 2.24) is 0 Å². The first-order valence-electron chi connectivity index (χ1n) is 4.00. The molecule has 0 spiro atoms. The van der Waals surface area contributed by atoms with Crippen LogP contribution in [0.2, 0.25) is 0 Å². The number of nitriles is 1. The Morgan fingerprint density at radius 2 is 2.29 bits per heavy atom. The van der Waals surface area contributed by atoms with Crippen LogP contribution in [0, 0.1) is 21.4 Å². The Kier molecular flexibility index (Phi) is 2.79. The molecular formula is C9H9N3O2. The first-order chi connectivity index (χ1) is 6.56. The van der Waals surface area contributed by atoms with E-state index in [0.29, 0.717) is 5.56 Å². The summed E-state index contributed by atoms with van der Waals surface area (Å²) in [6.07, 6.45) is 0. The topological polar surface area (TPSA) is 93.0 Å². The molecule has 0 heterocycles. The smallest absolute Gasteiger partial charge is 0.275 e. The lowest BCUT2D eigenvalue weighted by molar-refractivity contribution is -0.385. The van der Waals surface area contributed by atoms with E-state index in [1.54, 1.807) is 6.92 Å². The average molecular weight is 191 g/mol. The number of rotatable bonds is 2. The highest BCUT2D eigenvalue weighted by atomic mass is 16.6. The quantitative estimate of drug-likeness (QED) is 0.566. The van der Waals surface area contributed by atoms with Gasteiger partial charge in [0.2, 0.25) is 0 Å². The van der Waals surface area contributed by atoms with E-state index in [-0.39, 0.29) is 11.3 Å². The second-order valence-corrected chi connectivity index (χ2v) is 2.93. The third-order valence-corrected chi connectivity index (χ3v) is 1.85. The van der Waals surface area contributed by atoms with Crippen LogP contribution in [0.5, 0.6) is 0 Å². The van der Waals surface area contributed by atoms with Crippen molar-refractivity contribution in [2.45, 2.75) is 13.0 Å². The largest absolute Gasteiger partial charge is 0.324 e. The monoisotopic (exact) mass is 191 g/mol. The molecule has 5 heteroatoms. The van der Waals surface area contributed by atoms with Gasteiger partial charge in [0.05, 0.1) is 16.6 Å². The van der Waals surface area contributed by atoms with Gasteiger partial charge in [0, 0.05) is 17.7 Å². The van der Waals surface area contributed by atoms with Crippen molar-refractivity contribution in [2.24, 2.45) is 5.73 Å². The SMILES string of the molecule is C[C@@H](N)c1ccc(C#N)cc1[N+](=O)[O-]. The van der Waals surface area contributed by atoms with Gasteiger partial charge in [-0.15, -0.1) is 0 Å². The van der Waals surface area contributed by atoms with E-state index in [0.717, 1.165) is 0 Å². The zero-order valence-corrected chi connectivity index (χ0v) is 7.60. The molecule has 0 aliphatic carbocycles. The van der Waals surface area contributed by atoms with E-state index in [4.69, 9.17) is 11.0 Å². The summed E-state index contributed by atoms with van der Waals surface area (Å²) < 4.78 is 0. The average Bonchev–Trinajstić information content (AvgIpc) is 2.16. The Morgan fingerprint density at radius 3 is 2.71 bits per heavy atom. The Labute approximate surface area is 80.9 Å². The summed E-state index contributed by atoms with van der Waals surface area (Å²) in [4.78, 5) is 10.1. The lowest BCUT2D eigenvalue weighted by atomic mass is 10.0. The van der Waals surface area contributed by atoms with Crippen LogP contribution in [-0.2, 0) is 0 Å². The van der Waals surface area contributed by atoms with Gasteiger partial charge in [-0.25, -0.2) is 0 Å². The summed E-state index contributed by atoms with van der Waals surface area (Å²) in [5, 5.41) is 19.2. The maximum atomic E-state index is 10.6. The molecule has 1 atom stereocenters. The number of nitro benzene ring substituents is 1. The first kappa shape index (κ1) is 10.2. The van der Waals surface area contributed by atoms with Gasteiger partial charge in [0.25, 0.3) is 5.69 Å². The molecule has 2 N–H and O–H groups in total. The molecule has 14 heavy (non-hydrogen) atoms. The van der Waals surface area contributed by atoms with Crippen LogP contribution in [0.25, 0.3) is 0 Å². The maximum absolute atomic E-state index is 10.6. The molecule has 0 amide bonds. The lowest BCUT2D eigenvalue weighted by Crippen LogP contribution is -2.08. The molecule has 5 nitrogen and oxygen atoms in total. The van der Waals surface area contributed by atoms with Gasteiger partial charge < -0.3 is 5.73 Å². The minimum Gasteiger partial charge on any atom is -0.324 e. The minimum absolute atomic E-state index is 0.0981. The predicted molar refractivity (Wildman–Crippen MR) is 50.4 cm³/mol. The normalized spacial score (nSPS) is 11.8. The molecule has 72 valence electrons. The van der Waals surface area contributed by atoms with Gasteiger partial charge in [-0.3, -0.25) is 10.1 Å². The Balaban J connectivity index is 3.33. The van der Waals surface area contributed by atoms with E-state index < -0.39 is 11.0 Å². The molecule has 0 unspecified atom stereocenters. The van der Waals surface area contributed by atoms with Crippen molar-refractivity contribution in [3.05, 3.63) is 39.4 Å². The van der Waals surface area contributed by atoms with Crippen molar-refractivity contribution >= 4 is 5.69 Å². The third-order valence-electron chi connectivity index (χ3n) is 1.85. The maximum Gasteiger partial charge on any atom is 0.275 e. The number of hydrogen-bond donors (Lipinski definition) is 1. The fourth-order valence-electron chi connectivity index (χ4n) is 1.16. The molecule has 0 aromatic heterocycles. The molecule has 0 radical (unpaired) electrons. The number of benzene rings is 1. The fourth-order valence-corrected chi connectivity index (χ4v) is 1.16. The molecule has 0 aliphatic heterocycles. The molecule has 0 saturated heterocycles. The zero-order valence-electron chi connectivity index (χ0n) is 7.60. The zero-order chi connectivity index (χ0) is 10.7. The van der Waals surface area contributed by atoms with Gasteiger partial charge in [-0.1, -0.05) is 0 Å². The first-order valence-corrected chi connectivity index (χ1v) is 4.00. The summed E-state index contributed by atoms with van der Waals surface area (Å²) in [6.45, 7) is 1.66. The van der Waals surface area contributed by atoms with E-state index in [1.807, 2.05) is 6.07 Å². The molecule has 1 aromatic rings. The van der Waals surface area contributed by atoms with Crippen molar-refractivity contribution in [3.63, 3.8) is 0 Å². The Hall–Kier alpha value is -1.93. The Morgan fingerprint density at radius 1 is 1.64 bits per heavy atom. The number of nitro groups is 1. The molecular weight excluding hydrogens is 182 g/mol. The highest BCUT2D eigenvalue weighted by molar-refractivity contribution is 5.48. The highest BCUT2D eigenvalue weighted by Gasteiger charge is 2.16. The van der Waals surface area contributed by atoms with Crippen molar-refractivity contribution in [2.75, 3.05) is 0 Å². The van der Waals surface area contributed by atoms with Gasteiger partial charge in [0.15, 0.2) is 0 Å². The molecule has 0 saturated carbocycles. The number of nitrogens with two attached hydrogens (primary N) is 1. The van der Waals surface area contributed by atoms with E-state index in [2.05, 4.69) is 0 Å². The predicted octanol–water partition coefficient (Wildman–Crippen LogP) is 1.49. The molecule has 1 rings (SSSR count). The van der Waals surface area contributed by atoms with Crippen LogP contribution in [0.15, 0.2) is 18.2 Å². The number of hydrogen-bond acceptors (Lipinski definition) is 4. The molecule has 0 fully saturated rings. The summed E-state index contributed by atoms with van der Waals surface area (Å²) in [5.74, 6) is 0. The molecule has 0 aliphatic rings.